The molecule has 1 aromatic rings. The normalized spacial score (nSPS) is 10.2. The third kappa shape index (κ3) is 3.42. The van der Waals surface area contributed by atoms with E-state index in [1.807, 2.05) is 4.90 Å². The monoisotopic (exact) mass is 257 g/mol. The van der Waals surface area contributed by atoms with E-state index in [1.165, 1.54) is 13.4 Å². The standard InChI is InChI=1S/C10H19N5O3/c1-17-6-4-15(3-5-16)10-8(18-2)9(14-11)12-7-13-10/h7,16H,3-6,11H2,1-2H3,(H,12,13,14). The number of aliphatic hydroxyl groups excluding tert-OH is 1. The van der Waals surface area contributed by atoms with Crippen LogP contribution in [-0.2, 0) is 4.74 Å². The van der Waals surface area contributed by atoms with Gasteiger partial charge in [-0.25, -0.2) is 15.8 Å². The van der Waals surface area contributed by atoms with Crippen molar-refractivity contribution in [1.29, 1.82) is 0 Å². The zero-order valence-corrected chi connectivity index (χ0v) is 10.6. The first-order valence-electron chi connectivity index (χ1n) is 5.48. The Morgan fingerprint density at radius 1 is 1.39 bits per heavy atom. The van der Waals surface area contributed by atoms with Crippen molar-refractivity contribution in [3.05, 3.63) is 6.33 Å². The Kier molecular flexibility index (Phi) is 6.12. The number of rotatable bonds is 8. The molecule has 0 unspecified atom stereocenters. The van der Waals surface area contributed by atoms with Gasteiger partial charge in [-0.2, -0.15) is 0 Å². The molecule has 0 atom stereocenters. The minimum absolute atomic E-state index is 0.00224. The third-order valence-corrected chi connectivity index (χ3v) is 2.36. The van der Waals surface area contributed by atoms with Crippen molar-refractivity contribution in [2.24, 2.45) is 5.84 Å². The van der Waals surface area contributed by atoms with Gasteiger partial charge in [0.1, 0.15) is 6.33 Å². The lowest BCUT2D eigenvalue weighted by Gasteiger charge is -2.24. The van der Waals surface area contributed by atoms with Crippen LogP contribution in [0.15, 0.2) is 6.33 Å². The summed E-state index contributed by atoms with van der Waals surface area (Å²) in [5.41, 5.74) is 2.44. The van der Waals surface area contributed by atoms with Crippen LogP contribution in [0.5, 0.6) is 5.75 Å². The summed E-state index contributed by atoms with van der Waals surface area (Å²) in [5.74, 6) is 6.74. The van der Waals surface area contributed by atoms with E-state index in [0.717, 1.165) is 0 Å². The molecule has 0 bridgehead atoms. The molecule has 0 aromatic carbocycles. The van der Waals surface area contributed by atoms with Gasteiger partial charge in [-0.05, 0) is 0 Å². The van der Waals surface area contributed by atoms with Gasteiger partial charge in [0.15, 0.2) is 11.6 Å². The van der Waals surface area contributed by atoms with Crippen molar-refractivity contribution in [3.8, 4) is 5.75 Å². The number of hydrazine groups is 1. The summed E-state index contributed by atoms with van der Waals surface area (Å²) in [6.07, 6.45) is 1.38. The van der Waals surface area contributed by atoms with Crippen molar-refractivity contribution in [2.45, 2.75) is 0 Å². The fourth-order valence-corrected chi connectivity index (χ4v) is 1.53. The van der Waals surface area contributed by atoms with Gasteiger partial charge in [0.05, 0.1) is 20.3 Å². The maximum Gasteiger partial charge on any atom is 0.205 e. The largest absolute Gasteiger partial charge is 0.490 e. The van der Waals surface area contributed by atoms with Crippen LogP contribution in [0.4, 0.5) is 11.6 Å². The number of nitrogens with two attached hydrogens (primary N) is 1. The number of hydrogen-bond acceptors (Lipinski definition) is 8. The van der Waals surface area contributed by atoms with Gasteiger partial charge in [-0.3, -0.25) is 0 Å². The highest BCUT2D eigenvalue weighted by Gasteiger charge is 2.17. The maximum absolute atomic E-state index is 9.08. The van der Waals surface area contributed by atoms with Gasteiger partial charge < -0.3 is 24.9 Å². The second kappa shape index (κ2) is 7.64. The Labute approximate surface area is 106 Å². The highest BCUT2D eigenvalue weighted by atomic mass is 16.5. The van der Waals surface area contributed by atoms with Crippen molar-refractivity contribution >= 4 is 11.6 Å². The van der Waals surface area contributed by atoms with Crippen LogP contribution in [0.3, 0.4) is 0 Å². The zero-order chi connectivity index (χ0) is 13.4. The van der Waals surface area contributed by atoms with Gasteiger partial charge in [-0.1, -0.05) is 0 Å². The van der Waals surface area contributed by atoms with E-state index in [1.54, 1.807) is 7.11 Å². The average Bonchev–Trinajstić information content (AvgIpc) is 2.42. The summed E-state index contributed by atoms with van der Waals surface area (Å²) >= 11 is 0. The summed E-state index contributed by atoms with van der Waals surface area (Å²) in [6, 6.07) is 0. The van der Waals surface area contributed by atoms with E-state index < -0.39 is 0 Å². The van der Waals surface area contributed by atoms with Crippen molar-refractivity contribution in [1.82, 2.24) is 9.97 Å². The Bertz CT molecular complexity index is 363. The third-order valence-electron chi connectivity index (χ3n) is 2.36. The highest BCUT2D eigenvalue weighted by molar-refractivity contribution is 5.64. The maximum atomic E-state index is 9.08. The first-order chi connectivity index (χ1) is 8.78. The molecule has 0 saturated carbocycles. The fourth-order valence-electron chi connectivity index (χ4n) is 1.53. The number of methoxy groups -OCH3 is 2. The summed E-state index contributed by atoms with van der Waals surface area (Å²) in [6.45, 7) is 1.51. The van der Waals surface area contributed by atoms with Crippen LogP contribution in [0.25, 0.3) is 0 Å². The number of aromatic nitrogens is 2. The molecular formula is C10H19N5O3. The lowest BCUT2D eigenvalue weighted by atomic mass is 10.4. The molecule has 0 aliphatic rings. The number of hydrogen-bond donors (Lipinski definition) is 3. The van der Waals surface area contributed by atoms with Gasteiger partial charge >= 0.3 is 0 Å². The van der Waals surface area contributed by atoms with E-state index >= 15 is 0 Å². The minimum atomic E-state index is 0.00224. The first kappa shape index (κ1) is 14.4. The van der Waals surface area contributed by atoms with Crippen LogP contribution in [0, 0.1) is 0 Å². The molecule has 4 N–H and O–H groups in total. The van der Waals surface area contributed by atoms with Crippen LogP contribution in [0.2, 0.25) is 0 Å². The van der Waals surface area contributed by atoms with E-state index in [0.29, 0.717) is 37.1 Å². The Balaban J connectivity index is 3.01. The molecule has 1 rings (SSSR count). The van der Waals surface area contributed by atoms with E-state index in [9.17, 15) is 0 Å². The zero-order valence-electron chi connectivity index (χ0n) is 10.6. The molecule has 8 heteroatoms. The van der Waals surface area contributed by atoms with Gasteiger partial charge in [-0.15, -0.1) is 0 Å². The molecule has 0 aliphatic carbocycles. The predicted molar refractivity (Wildman–Crippen MR) is 67.6 cm³/mol. The summed E-state index contributed by atoms with van der Waals surface area (Å²) < 4.78 is 10.3. The highest BCUT2D eigenvalue weighted by Crippen LogP contribution is 2.30. The Morgan fingerprint density at radius 2 is 2.17 bits per heavy atom. The van der Waals surface area contributed by atoms with Crippen LogP contribution in [0.1, 0.15) is 0 Å². The number of nitrogens with zero attached hydrogens (tertiary/aromatic N) is 3. The average molecular weight is 257 g/mol. The van der Waals surface area contributed by atoms with Crippen LogP contribution >= 0.6 is 0 Å². The van der Waals surface area contributed by atoms with E-state index in [2.05, 4.69) is 15.4 Å². The number of nitrogens with one attached hydrogen (secondary N) is 1. The number of ether oxygens (including phenoxy) is 2. The SMILES string of the molecule is COCCN(CCO)c1ncnc(NN)c1OC. The molecule has 0 aliphatic heterocycles. The molecule has 8 nitrogen and oxygen atoms in total. The predicted octanol–water partition coefficient (Wildman–Crippen LogP) is -0.784. The number of aliphatic hydroxyl groups is 1. The van der Waals surface area contributed by atoms with Crippen molar-refractivity contribution < 1.29 is 14.6 Å². The van der Waals surface area contributed by atoms with Crippen LogP contribution < -0.4 is 20.9 Å². The topological polar surface area (TPSA) is 106 Å². The van der Waals surface area contributed by atoms with E-state index in [4.69, 9.17) is 20.4 Å². The number of anilines is 2. The van der Waals surface area contributed by atoms with Gasteiger partial charge in [0.2, 0.25) is 5.75 Å². The smallest absolute Gasteiger partial charge is 0.205 e. The second-order valence-corrected chi connectivity index (χ2v) is 3.43. The molecule has 0 saturated heterocycles. The van der Waals surface area contributed by atoms with Gasteiger partial charge in [0, 0.05) is 20.2 Å². The fraction of sp³-hybridized carbons (Fsp3) is 0.600. The molecular weight excluding hydrogens is 238 g/mol. The molecule has 102 valence electrons. The second-order valence-electron chi connectivity index (χ2n) is 3.43. The Morgan fingerprint density at radius 3 is 2.72 bits per heavy atom. The molecule has 0 spiro atoms. The quantitative estimate of drug-likeness (QED) is 0.411. The molecule has 0 radical (unpaired) electrons. The van der Waals surface area contributed by atoms with Crippen molar-refractivity contribution in [2.75, 3.05) is 50.8 Å². The molecule has 18 heavy (non-hydrogen) atoms. The summed E-state index contributed by atoms with van der Waals surface area (Å²) in [5, 5.41) is 9.08. The lowest BCUT2D eigenvalue weighted by Crippen LogP contribution is -2.31. The Hall–Kier alpha value is -1.64. The summed E-state index contributed by atoms with van der Waals surface area (Å²) in [7, 11) is 3.12. The lowest BCUT2D eigenvalue weighted by molar-refractivity contribution is 0.202. The minimum Gasteiger partial charge on any atom is -0.490 e. The number of nitrogen functional groups attached to an aromatic ring is 1. The first-order valence-corrected chi connectivity index (χ1v) is 5.48. The molecule has 1 heterocycles. The molecule has 0 fully saturated rings. The summed E-state index contributed by atoms with van der Waals surface area (Å²) in [4.78, 5) is 9.95. The molecule has 1 aromatic heterocycles. The van der Waals surface area contributed by atoms with Gasteiger partial charge in [0.25, 0.3) is 0 Å². The molecule has 0 amide bonds. The van der Waals surface area contributed by atoms with Crippen LogP contribution in [-0.4, -0.2) is 55.6 Å². The van der Waals surface area contributed by atoms with E-state index in [-0.39, 0.29) is 6.61 Å². The van der Waals surface area contributed by atoms with Crippen molar-refractivity contribution in [3.63, 3.8) is 0 Å².